The first kappa shape index (κ1) is 16.4. The van der Waals surface area contributed by atoms with Gasteiger partial charge in [-0.2, -0.15) is 0 Å². The second-order valence-electron chi connectivity index (χ2n) is 5.36. The van der Waals surface area contributed by atoms with Crippen LogP contribution in [0, 0.1) is 0 Å². The summed E-state index contributed by atoms with van der Waals surface area (Å²) in [5.74, 6) is 0.129. The van der Waals surface area contributed by atoms with Crippen LogP contribution in [0.25, 0.3) is 11.3 Å². The van der Waals surface area contributed by atoms with Gasteiger partial charge in [-0.15, -0.1) is 0 Å². The predicted molar refractivity (Wildman–Crippen MR) is 88.7 cm³/mol. The van der Waals surface area contributed by atoms with Crippen LogP contribution in [0.5, 0.6) is 0 Å². The second-order valence-corrected chi connectivity index (χ2v) is 8.43. The zero-order chi connectivity index (χ0) is 16.6. The summed E-state index contributed by atoms with van der Waals surface area (Å²) in [4.78, 5) is 12.1. The molecule has 2 aromatic rings. The zero-order valence-corrected chi connectivity index (χ0v) is 14.2. The molecule has 1 saturated heterocycles. The van der Waals surface area contributed by atoms with Gasteiger partial charge in [-0.05, 0) is 36.8 Å². The van der Waals surface area contributed by atoms with Gasteiger partial charge in [-0.1, -0.05) is 23.2 Å². The number of benzene rings is 1. The fourth-order valence-corrected chi connectivity index (χ4v) is 4.51. The zero-order valence-electron chi connectivity index (χ0n) is 11.9. The Kier molecular flexibility index (Phi) is 4.40. The number of amides is 1. The average molecular weight is 374 g/mol. The van der Waals surface area contributed by atoms with Crippen molar-refractivity contribution < 1.29 is 17.6 Å². The van der Waals surface area contributed by atoms with Crippen LogP contribution in [-0.4, -0.2) is 31.9 Å². The molecule has 1 N–H and O–H groups in total. The van der Waals surface area contributed by atoms with Crippen LogP contribution < -0.4 is 5.32 Å². The predicted octanol–water partition coefficient (Wildman–Crippen LogP) is 3.17. The van der Waals surface area contributed by atoms with Gasteiger partial charge in [-0.3, -0.25) is 4.79 Å². The van der Waals surface area contributed by atoms with Crippen LogP contribution >= 0.6 is 23.2 Å². The van der Waals surface area contributed by atoms with Gasteiger partial charge in [0.1, 0.15) is 5.76 Å². The molecule has 1 amide bonds. The molecule has 2 heterocycles. The maximum Gasteiger partial charge on any atom is 0.287 e. The van der Waals surface area contributed by atoms with Crippen molar-refractivity contribution in [3.8, 4) is 11.3 Å². The first-order chi connectivity index (χ1) is 10.8. The second kappa shape index (κ2) is 6.19. The van der Waals surface area contributed by atoms with Crippen molar-refractivity contribution in [2.24, 2.45) is 0 Å². The molecule has 0 saturated carbocycles. The van der Waals surface area contributed by atoms with E-state index >= 15 is 0 Å². The van der Waals surface area contributed by atoms with E-state index in [1.165, 1.54) is 6.07 Å². The molecule has 0 aliphatic carbocycles. The maximum absolute atomic E-state index is 12.1. The fraction of sp³-hybridized carbons (Fsp3) is 0.267. The lowest BCUT2D eigenvalue weighted by atomic mass is 10.2. The molecule has 1 aromatic carbocycles. The van der Waals surface area contributed by atoms with Crippen LogP contribution in [0.15, 0.2) is 34.7 Å². The summed E-state index contributed by atoms with van der Waals surface area (Å²) in [6.45, 7) is 0. The highest BCUT2D eigenvalue weighted by molar-refractivity contribution is 7.91. The summed E-state index contributed by atoms with van der Waals surface area (Å²) in [6, 6.07) is 7.71. The van der Waals surface area contributed by atoms with Gasteiger partial charge in [0, 0.05) is 16.6 Å². The lowest BCUT2D eigenvalue weighted by Gasteiger charge is -2.08. The van der Waals surface area contributed by atoms with Gasteiger partial charge in [0.25, 0.3) is 5.91 Å². The number of nitrogens with one attached hydrogen (secondary N) is 1. The summed E-state index contributed by atoms with van der Waals surface area (Å²) >= 11 is 12.0. The molecule has 0 spiro atoms. The number of hydrogen-bond donors (Lipinski definition) is 1. The molecule has 122 valence electrons. The number of hydrogen-bond acceptors (Lipinski definition) is 4. The largest absolute Gasteiger partial charge is 0.451 e. The van der Waals surface area contributed by atoms with Gasteiger partial charge >= 0.3 is 0 Å². The minimum Gasteiger partial charge on any atom is -0.451 e. The molecule has 1 aromatic heterocycles. The molecule has 0 radical (unpaired) electrons. The van der Waals surface area contributed by atoms with E-state index in [0.717, 1.165) is 0 Å². The molecule has 3 rings (SSSR count). The van der Waals surface area contributed by atoms with E-state index in [4.69, 9.17) is 27.6 Å². The van der Waals surface area contributed by atoms with Crippen molar-refractivity contribution >= 4 is 38.9 Å². The molecular formula is C15H13Cl2NO4S. The lowest BCUT2D eigenvalue weighted by molar-refractivity contribution is 0.0914. The molecule has 1 unspecified atom stereocenters. The molecule has 1 atom stereocenters. The SMILES string of the molecule is O=C(NC1CCS(=O)(=O)C1)c1ccc(-c2cc(Cl)ccc2Cl)o1. The van der Waals surface area contributed by atoms with E-state index in [1.54, 1.807) is 24.3 Å². The third-order valence-electron chi connectivity index (χ3n) is 3.59. The van der Waals surface area contributed by atoms with Gasteiger partial charge in [0.05, 0.1) is 16.5 Å². The topological polar surface area (TPSA) is 76.4 Å². The maximum atomic E-state index is 12.1. The highest BCUT2D eigenvalue weighted by Gasteiger charge is 2.29. The molecule has 1 aliphatic rings. The minimum atomic E-state index is -3.05. The first-order valence-electron chi connectivity index (χ1n) is 6.90. The van der Waals surface area contributed by atoms with Gasteiger partial charge in [0.2, 0.25) is 0 Å². The van der Waals surface area contributed by atoms with Crippen molar-refractivity contribution in [1.29, 1.82) is 0 Å². The third-order valence-corrected chi connectivity index (χ3v) is 5.92. The summed E-state index contributed by atoms with van der Waals surface area (Å²) in [5.41, 5.74) is 0.585. The van der Waals surface area contributed by atoms with E-state index in [1.807, 2.05) is 0 Å². The average Bonchev–Trinajstić information content (AvgIpc) is 3.08. The quantitative estimate of drug-likeness (QED) is 0.896. The Morgan fingerprint density at radius 2 is 2.00 bits per heavy atom. The standard InChI is InChI=1S/C15H13Cl2NO4S/c16-9-1-2-12(17)11(7-9)13-3-4-14(22-13)15(19)18-10-5-6-23(20,21)8-10/h1-4,7,10H,5-6,8H2,(H,18,19). The summed E-state index contributed by atoms with van der Waals surface area (Å²) in [6.07, 6.45) is 0.418. The van der Waals surface area contributed by atoms with Gasteiger partial charge in [0.15, 0.2) is 15.6 Å². The van der Waals surface area contributed by atoms with E-state index in [9.17, 15) is 13.2 Å². The smallest absolute Gasteiger partial charge is 0.287 e. The van der Waals surface area contributed by atoms with E-state index in [0.29, 0.717) is 27.8 Å². The number of carbonyl (C=O) groups is 1. The van der Waals surface area contributed by atoms with Gasteiger partial charge in [-0.25, -0.2) is 8.42 Å². The van der Waals surface area contributed by atoms with E-state index < -0.39 is 15.7 Å². The first-order valence-corrected chi connectivity index (χ1v) is 9.48. The third kappa shape index (κ3) is 3.71. The molecule has 8 heteroatoms. The fourth-order valence-electron chi connectivity index (χ4n) is 2.46. The van der Waals surface area contributed by atoms with Crippen LogP contribution in [0.4, 0.5) is 0 Å². The summed E-state index contributed by atoms with van der Waals surface area (Å²) in [7, 11) is -3.05. The van der Waals surface area contributed by atoms with Crippen molar-refractivity contribution in [2.75, 3.05) is 11.5 Å². The van der Waals surface area contributed by atoms with E-state index in [-0.39, 0.29) is 23.3 Å². The number of rotatable bonds is 3. The Morgan fingerprint density at radius 1 is 1.22 bits per heavy atom. The molecule has 0 bridgehead atoms. The van der Waals surface area contributed by atoms with E-state index in [2.05, 4.69) is 5.32 Å². The molecular weight excluding hydrogens is 361 g/mol. The normalized spacial score (nSPS) is 19.7. The number of sulfone groups is 1. The van der Waals surface area contributed by atoms with Crippen LogP contribution in [-0.2, 0) is 9.84 Å². The molecule has 5 nitrogen and oxygen atoms in total. The van der Waals surface area contributed by atoms with Crippen molar-refractivity contribution in [3.63, 3.8) is 0 Å². The Labute approximate surface area is 143 Å². The Hall–Kier alpha value is -1.50. The lowest BCUT2D eigenvalue weighted by Crippen LogP contribution is -2.35. The Bertz CT molecular complexity index is 860. The number of furan rings is 1. The van der Waals surface area contributed by atoms with Crippen LogP contribution in [0.1, 0.15) is 17.0 Å². The highest BCUT2D eigenvalue weighted by Crippen LogP contribution is 2.31. The molecule has 1 aliphatic heterocycles. The number of carbonyl (C=O) groups excluding carboxylic acids is 1. The van der Waals surface area contributed by atoms with Gasteiger partial charge < -0.3 is 9.73 Å². The minimum absolute atomic E-state index is 0.0353. The monoisotopic (exact) mass is 373 g/mol. The molecule has 23 heavy (non-hydrogen) atoms. The summed E-state index contributed by atoms with van der Waals surface area (Å²) < 4.78 is 28.4. The Morgan fingerprint density at radius 3 is 2.70 bits per heavy atom. The van der Waals surface area contributed by atoms with Crippen molar-refractivity contribution in [2.45, 2.75) is 12.5 Å². The highest BCUT2D eigenvalue weighted by atomic mass is 35.5. The van der Waals surface area contributed by atoms with Crippen LogP contribution in [0.3, 0.4) is 0 Å². The Balaban J connectivity index is 1.76. The summed E-state index contributed by atoms with van der Waals surface area (Å²) in [5, 5.41) is 3.63. The van der Waals surface area contributed by atoms with Crippen LogP contribution in [0.2, 0.25) is 10.0 Å². The van der Waals surface area contributed by atoms with Crippen molar-refractivity contribution in [3.05, 3.63) is 46.1 Å². The molecule has 1 fully saturated rings. The van der Waals surface area contributed by atoms with Crippen molar-refractivity contribution in [1.82, 2.24) is 5.32 Å². The number of halogens is 2.